The van der Waals surface area contributed by atoms with E-state index in [9.17, 15) is 9.59 Å². The zero-order valence-corrected chi connectivity index (χ0v) is 11.1. The van der Waals surface area contributed by atoms with Crippen molar-refractivity contribution in [3.8, 4) is 0 Å². The third-order valence-electron chi connectivity index (χ3n) is 2.02. The van der Waals surface area contributed by atoms with Crippen LogP contribution in [0, 0.1) is 5.92 Å². The molecule has 98 valence electrons. The molecule has 0 N–H and O–H groups in total. The van der Waals surface area contributed by atoms with Crippen molar-refractivity contribution in [2.24, 2.45) is 5.92 Å². The summed E-state index contributed by atoms with van der Waals surface area (Å²) in [5.74, 6) is -0.979. The van der Waals surface area contributed by atoms with E-state index in [1.54, 1.807) is 0 Å². The highest BCUT2D eigenvalue weighted by Gasteiger charge is 2.16. The molecule has 0 aliphatic rings. The van der Waals surface area contributed by atoms with Crippen molar-refractivity contribution < 1.29 is 19.1 Å². The Morgan fingerprint density at radius 1 is 1.06 bits per heavy atom. The van der Waals surface area contributed by atoms with Crippen molar-refractivity contribution in [3.05, 3.63) is 11.6 Å². The lowest BCUT2D eigenvalue weighted by molar-refractivity contribution is -0.141. The fraction of sp³-hybridized carbons (Fsp3) is 0.692. The smallest absolute Gasteiger partial charge is 0.334 e. The first-order valence-corrected chi connectivity index (χ1v) is 6.08. The molecule has 0 aliphatic carbocycles. The second-order valence-corrected chi connectivity index (χ2v) is 4.06. The Labute approximate surface area is 103 Å². The van der Waals surface area contributed by atoms with E-state index in [-0.39, 0.29) is 5.92 Å². The van der Waals surface area contributed by atoms with Crippen molar-refractivity contribution in [2.45, 2.75) is 40.5 Å². The van der Waals surface area contributed by atoms with Crippen LogP contribution in [0.3, 0.4) is 0 Å². The van der Waals surface area contributed by atoms with Crippen LogP contribution in [0.2, 0.25) is 0 Å². The van der Waals surface area contributed by atoms with E-state index >= 15 is 0 Å². The molecule has 0 spiro atoms. The van der Waals surface area contributed by atoms with Crippen LogP contribution < -0.4 is 0 Å². The fourth-order valence-electron chi connectivity index (χ4n) is 1.11. The molecular formula is C13H22O4. The standard InChI is InChI=1S/C13H22O4/c1-5-7-16-12(14)9-11(10(3)4)13(15)17-8-6-2/h9-10H,5-8H2,1-4H3/b11-9+. The number of ether oxygens (including phenoxy) is 2. The molecule has 0 bridgehead atoms. The van der Waals surface area contributed by atoms with Gasteiger partial charge in [-0.3, -0.25) is 0 Å². The monoisotopic (exact) mass is 242 g/mol. The Hall–Kier alpha value is -1.32. The van der Waals surface area contributed by atoms with Crippen LogP contribution in [-0.4, -0.2) is 25.2 Å². The van der Waals surface area contributed by atoms with Gasteiger partial charge in [0.15, 0.2) is 0 Å². The zero-order valence-electron chi connectivity index (χ0n) is 11.1. The van der Waals surface area contributed by atoms with Gasteiger partial charge in [-0.05, 0) is 18.8 Å². The number of rotatable bonds is 7. The van der Waals surface area contributed by atoms with Crippen LogP contribution in [0.15, 0.2) is 11.6 Å². The second-order valence-electron chi connectivity index (χ2n) is 4.06. The van der Waals surface area contributed by atoms with E-state index in [1.807, 2.05) is 27.7 Å². The molecule has 0 aromatic rings. The molecule has 0 aliphatic heterocycles. The van der Waals surface area contributed by atoms with Gasteiger partial charge >= 0.3 is 11.9 Å². The van der Waals surface area contributed by atoms with E-state index in [0.29, 0.717) is 18.8 Å². The van der Waals surface area contributed by atoms with Crippen molar-refractivity contribution in [1.29, 1.82) is 0 Å². The van der Waals surface area contributed by atoms with Gasteiger partial charge in [-0.1, -0.05) is 27.7 Å². The van der Waals surface area contributed by atoms with Crippen LogP contribution >= 0.6 is 0 Å². The average Bonchev–Trinajstić information content (AvgIpc) is 2.29. The number of carbonyl (C=O) groups is 2. The maximum atomic E-state index is 11.7. The van der Waals surface area contributed by atoms with Gasteiger partial charge in [0, 0.05) is 11.6 Å². The molecule has 4 nitrogen and oxygen atoms in total. The van der Waals surface area contributed by atoms with E-state index in [2.05, 4.69) is 0 Å². The number of carbonyl (C=O) groups excluding carboxylic acids is 2. The lowest BCUT2D eigenvalue weighted by Gasteiger charge is -2.10. The molecule has 0 amide bonds. The van der Waals surface area contributed by atoms with Crippen LogP contribution in [0.5, 0.6) is 0 Å². The summed E-state index contributed by atoms with van der Waals surface area (Å²) in [6.45, 7) is 8.24. The average molecular weight is 242 g/mol. The summed E-state index contributed by atoms with van der Waals surface area (Å²) in [4.78, 5) is 23.0. The molecule has 17 heavy (non-hydrogen) atoms. The van der Waals surface area contributed by atoms with Crippen LogP contribution in [0.1, 0.15) is 40.5 Å². The SMILES string of the molecule is CCCOC(=O)/C=C(/C(=O)OCCC)C(C)C. The Balaban J connectivity index is 4.55. The Kier molecular flexibility index (Phi) is 8.11. The van der Waals surface area contributed by atoms with Crippen LogP contribution in [0.25, 0.3) is 0 Å². The highest BCUT2D eigenvalue weighted by Crippen LogP contribution is 2.12. The maximum absolute atomic E-state index is 11.7. The van der Waals surface area contributed by atoms with E-state index in [1.165, 1.54) is 6.08 Å². The van der Waals surface area contributed by atoms with Gasteiger partial charge in [-0.2, -0.15) is 0 Å². The summed E-state index contributed by atoms with van der Waals surface area (Å²) >= 11 is 0. The minimum Gasteiger partial charge on any atom is -0.463 e. The van der Waals surface area contributed by atoms with E-state index < -0.39 is 11.9 Å². The van der Waals surface area contributed by atoms with Crippen LogP contribution in [0.4, 0.5) is 0 Å². The van der Waals surface area contributed by atoms with Gasteiger partial charge in [0.25, 0.3) is 0 Å². The normalized spacial score (nSPS) is 11.5. The predicted octanol–water partition coefficient (Wildman–Crippen LogP) is 2.48. The topological polar surface area (TPSA) is 52.6 Å². The minimum absolute atomic E-state index is 0.0615. The largest absolute Gasteiger partial charge is 0.463 e. The van der Waals surface area contributed by atoms with Gasteiger partial charge in [-0.15, -0.1) is 0 Å². The second kappa shape index (κ2) is 8.79. The van der Waals surface area contributed by atoms with Gasteiger partial charge in [-0.25, -0.2) is 9.59 Å². The van der Waals surface area contributed by atoms with Gasteiger partial charge < -0.3 is 9.47 Å². The quantitative estimate of drug-likeness (QED) is 0.508. The van der Waals surface area contributed by atoms with Gasteiger partial charge in [0.1, 0.15) is 0 Å². The number of hydrogen-bond donors (Lipinski definition) is 0. The molecular weight excluding hydrogens is 220 g/mol. The predicted molar refractivity (Wildman–Crippen MR) is 65.4 cm³/mol. The van der Waals surface area contributed by atoms with Gasteiger partial charge in [0.05, 0.1) is 13.2 Å². The highest BCUT2D eigenvalue weighted by molar-refractivity contribution is 5.96. The Bertz CT molecular complexity index is 279. The van der Waals surface area contributed by atoms with Crippen LogP contribution in [-0.2, 0) is 19.1 Å². The molecule has 0 saturated heterocycles. The van der Waals surface area contributed by atoms with Gasteiger partial charge in [0.2, 0.25) is 0 Å². The summed E-state index contributed by atoms with van der Waals surface area (Å²) < 4.78 is 9.91. The summed E-state index contributed by atoms with van der Waals surface area (Å²) in [5.41, 5.74) is 0.361. The van der Waals surface area contributed by atoms with E-state index in [0.717, 1.165) is 12.8 Å². The minimum atomic E-state index is -0.482. The first-order valence-electron chi connectivity index (χ1n) is 6.08. The first kappa shape index (κ1) is 15.7. The number of hydrogen-bond acceptors (Lipinski definition) is 4. The molecule has 0 rings (SSSR count). The molecule has 0 aromatic carbocycles. The third kappa shape index (κ3) is 6.76. The van der Waals surface area contributed by atoms with Crippen molar-refractivity contribution >= 4 is 11.9 Å². The molecule has 4 heteroatoms. The summed E-state index contributed by atoms with van der Waals surface area (Å²) in [6.07, 6.45) is 2.76. The molecule has 0 unspecified atom stereocenters. The first-order chi connectivity index (χ1) is 8.02. The van der Waals surface area contributed by atoms with Crippen molar-refractivity contribution in [1.82, 2.24) is 0 Å². The summed E-state index contributed by atoms with van der Waals surface area (Å²) in [7, 11) is 0. The summed E-state index contributed by atoms with van der Waals surface area (Å²) in [6, 6.07) is 0. The fourth-order valence-corrected chi connectivity index (χ4v) is 1.11. The number of esters is 2. The molecule has 0 heterocycles. The highest BCUT2D eigenvalue weighted by atomic mass is 16.5. The lowest BCUT2D eigenvalue weighted by Crippen LogP contribution is -2.15. The van der Waals surface area contributed by atoms with Crippen molar-refractivity contribution in [2.75, 3.05) is 13.2 Å². The zero-order chi connectivity index (χ0) is 13.3. The molecule has 0 atom stereocenters. The molecule has 0 aromatic heterocycles. The van der Waals surface area contributed by atoms with E-state index in [4.69, 9.17) is 9.47 Å². The van der Waals surface area contributed by atoms with Crippen molar-refractivity contribution in [3.63, 3.8) is 0 Å². The molecule has 0 saturated carbocycles. The third-order valence-corrected chi connectivity index (χ3v) is 2.02. The molecule has 0 fully saturated rings. The lowest BCUT2D eigenvalue weighted by atomic mass is 10.0. The maximum Gasteiger partial charge on any atom is 0.334 e. The molecule has 0 radical (unpaired) electrons. The summed E-state index contributed by atoms with van der Waals surface area (Å²) in [5, 5.41) is 0. The Morgan fingerprint density at radius 2 is 1.59 bits per heavy atom. The Morgan fingerprint density at radius 3 is 2.06 bits per heavy atom.